The molecule has 0 aliphatic carbocycles. The molecule has 1 aliphatic heterocycles. The van der Waals surface area contributed by atoms with Gasteiger partial charge in [0.25, 0.3) is 0 Å². The van der Waals surface area contributed by atoms with Gasteiger partial charge in [0.1, 0.15) is 5.75 Å². The molecule has 0 saturated carbocycles. The Morgan fingerprint density at radius 2 is 1.71 bits per heavy atom. The average molecular weight is 347 g/mol. The Hall–Kier alpha value is -1.59. The molecule has 0 spiro atoms. The molecule has 2 aromatic rings. The zero-order valence-electron chi connectivity index (χ0n) is 14.2. The summed E-state index contributed by atoms with van der Waals surface area (Å²) in [6.45, 7) is 4.06. The Labute approximate surface area is 144 Å². The highest BCUT2D eigenvalue weighted by atomic mass is 32.2. The molecule has 24 heavy (non-hydrogen) atoms. The van der Waals surface area contributed by atoms with Crippen LogP contribution in [0.1, 0.15) is 39.0 Å². The third kappa shape index (κ3) is 3.42. The number of sulfonamides is 1. The molecule has 0 radical (unpaired) electrons. The lowest BCUT2D eigenvalue weighted by molar-refractivity contribution is 0.309. The summed E-state index contributed by atoms with van der Waals surface area (Å²) >= 11 is 0. The maximum Gasteiger partial charge on any atom is 0.243 e. The van der Waals surface area contributed by atoms with Crippen LogP contribution < -0.4 is 4.74 Å². The maximum absolute atomic E-state index is 12.9. The van der Waals surface area contributed by atoms with Gasteiger partial charge in [0.05, 0.1) is 11.5 Å². The number of nitrogens with zero attached hydrogens (tertiary/aromatic N) is 1. The van der Waals surface area contributed by atoms with Crippen LogP contribution in [0.2, 0.25) is 0 Å². The molecule has 1 aliphatic rings. The molecule has 0 unspecified atom stereocenters. The predicted molar refractivity (Wildman–Crippen MR) is 97.0 cm³/mol. The lowest BCUT2D eigenvalue weighted by atomic mass is 10.1. The van der Waals surface area contributed by atoms with E-state index in [1.165, 1.54) is 0 Å². The van der Waals surface area contributed by atoms with Gasteiger partial charge in [-0.3, -0.25) is 0 Å². The molecule has 1 heterocycles. The van der Waals surface area contributed by atoms with E-state index in [9.17, 15) is 8.42 Å². The van der Waals surface area contributed by atoms with Crippen LogP contribution in [-0.2, 0) is 10.0 Å². The zero-order chi connectivity index (χ0) is 17.0. The minimum atomic E-state index is -3.43. The van der Waals surface area contributed by atoms with E-state index in [2.05, 4.69) is 6.92 Å². The van der Waals surface area contributed by atoms with Crippen molar-refractivity contribution in [3.05, 3.63) is 36.4 Å². The van der Waals surface area contributed by atoms with Crippen LogP contribution in [0, 0.1) is 0 Å². The van der Waals surface area contributed by atoms with Gasteiger partial charge in [-0.15, -0.1) is 0 Å². The molecule has 5 heteroatoms. The first kappa shape index (κ1) is 17.2. The summed E-state index contributed by atoms with van der Waals surface area (Å²) in [5, 5.41) is 1.62. The van der Waals surface area contributed by atoms with Crippen LogP contribution in [-0.4, -0.2) is 32.4 Å². The largest absolute Gasteiger partial charge is 0.493 e. The molecule has 1 fully saturated rings. The second kappa shape index (κ2) is 7.53. The van der Waals surface area contributed by atoms with Gasteiger partial charge in [0.15, 0.2) is 0 Å². The molecule has 0 atom stereocenters. The van der Waals surface area contributed by atoms with Gasteiger partial charge in [-0.05, 0) is 31.4 Å². The Morgan fingerprint density at radius 3 is 2.42 bits per heavy atom. The number of rotatable bonds is 7. The first-order chi connectivity index (χ1) is 11.6. The smallest absolute Gasteiger partial charge is 0.243 e. The third-order valence-corrected chi connectivity index (χ3v) is 6.49. The number of benzene rings is 2. The topological polar surface area (TPSA) is 46.6 Å². The minimum Gasteiger partial charge on any atom is -0.493 e. The molecule has 0 aromatic heterocycles. The first-order valence-corrected chi connectivity index (χ1v) is 10.2. The van der Waals surface area contributed by atoms with Crippen LogP contribution in [0.4, 0.5) is 0 Å². The highest BCUT2D eigenvalue weighted by Crippen LogP contribution is 2.33. The number of ether oxygens (including phenoxy) is 1. The van der Waals surface area contributed by atoms with Gasteiger partial charge in [0.2, 0.25) is 10.0 Å². The quantitative estimate of drug-likeness (QED) is 0.706. The fourth-order valence-electron chi connectivity index (χ4n) is 3.20. The predicted octanol–water partition coefficient (Wildman–Crippen LogP) is 4.19. The Bertz CT molecular complexity index is 795. The van der Waals surface area contributed by atoms with Crippen molar-refractivity contribution < 1.29 is 13.2 Å². The highest BCUT2D eigenvalue weighted by Gasteiger charge is 2.29. The highest BCUT2D eigenvalue weighted by molar-refractivity contribution is 7.89. The SMILES string of the molecule is CCCCCOc1ccc(S(=O)(=O)N2CCCC2)c2ccccc12. The average Bonchev–Trinajstić information content (AvgIpc) is 3.14. The molecular weight excluding hydrogens is 322 g/mol. The monoisotopic (exact) mass is 347 g/mol. The number of fused-ring (bicyclic) bond motifs is 1. The van der Waals surface area contributed by atoms with Crippen LogP contribution in [0.25, 0.3) is 10.8 Å². The van der Waals surface area contributed by atoms with Gasteiger partial charge >= 0.3 is 0 Å². The van der Waals surface area contributed by atoms with E-state index in [0.29, 0.717) is 24.6 Å². The van der Waals surface area contributed by atoms with Crippen molar-refractivity contribution in [3.8, 4) is 5.75 Å². The van der Waals surface area contributed by atoms with Crippen LogP contribution in [0.5, 0.6) is 5.75 Å². The molecule has 130 valence electrons. The van der Waals surface area contributed by atoms with Gasteiger partial charge in [-0.1, -0.05) is 44.0 Å². The molecule has 4 nitrogen and oxygen atoms in total. The summed E-state index contributed by atoms with van der Waals surface area (Å²) < 4.78 is 33.4. The van der Waals surface area contributed by atoms with Crippen molar-refractivity contribution in [2.45, 2.75) is 43.9 Å². The Kier molecular flexibility index (Phi) is 5.41. The normalized spacial score (nSPS) is 15.9. The van der Waals surface area contributed by atoms with Gasteiger partial charge < -0.3 is 4.74 Å². The van der Waals surface area contributed by atoms with E-state index >= 15 is 0 Å². The standard InChI is InChI=1S/C19H25NO3S/c1-2-3-8-15-23-18-11-12-19(17-10-5-4-9-16(17)18)24(21,22)20-13-6-7-14-20/h4-5,9-12H,2-3,6-8,13-15H2,1H3. The van der Waals surface area contributed by atoms with E-state index in [4.69, 9.17) is 4.74 Å². The molecule has 0 bridgehead atoms. The van der Waals surface area contributed by atoms with E-state index in [-0.39, 0.29) is 0 Å². The third-order valence-electron chi connectivity index (χ3n) is 4.53. The summed E-state index contributed by atoms with van der Waals surface area (Å²) in [7, 11) is -3.43. The van der Waals surface area contributed by atoms with Crippen LogP contribution in [0.15, 0.2) is 41.3 Å². The summed E-state index contributed by atoms with van der Waals surface area (Å²) in [6, 6.07) is 11.1. The van der Waals surface area contributed by atoms with Crippen molar-refractivity contribution in [1.82, 2.24) is 4.31 Å². The van der Waals surface area contributed by atoms with E-state index < -0.39 is 10.0 Å². The van der Waals surface area contributed by atoms with E-state index in [0.717, 1.165) is 48.6 Å². The van der Waals surface area contributed by atoms with Crippen molar-refractivity contribution in [2.24, 2.45) is 0 Å². The summed E-state index contributed by atoms with van der Waals surface area (Å²) in [4.78, 5) is 0.390. The molecule has 1 saturated heterocycles. The van der Waals surface area contributed by atoms with E-state index in [1.807, 2.05) is 24.3 Å². The summed E-state index contributed by atoms with van der Waals surface area (Å²) in [6.07, 6.45) is 5.18. The first-order valence-electron chi connectivity index (χ1n) is 8.79. The molecule has 2 aromatic carbocycles. The fraction of sp³-hybridized carbons (Fsp3) is 0.474. The lowest BCUT2D eigenvalue weighted by Crippen LogP contribution is -2.28. The number of unbranched alkanes of at least 4 members (excludes halogenated alkanes) is 2. The van der Waals surface area contributed by atoms with E-state index in [1.54, 1.807) is 16.4 Å². The van der Waals surface area contributed by atoms with Crippen molar-refractivity contribution in [1.29, 1.82) is 0 Å². The minimum absolute atomic E-state index is 0.390. The van der Waals surface area contributed by atoms with Crippen LogP contribution >= 0.6 is 0 Å². The molecule has 0 amide bonds. The second-order valence-corrected chi connectivity index (χ2v) is 8.18. The fourth-order valence-corrected chi connectivity index (χ4v) is 4.91. The van der Waals surface area contributed by atoms with Crippen molar-refractivity contribution >= 4 is 20.8 Å². The number of hydrogen-bond acceptors (Lipinski definition) is 3. The van der Waals surface area contributed by atoms with Gasteiger partial charge in [-0.2, -0.15) is 4.31 Å². The lowest BCUT2D eigenvalue weighted by Gasteiger charge is -2.18. The van der Waals surface area contributed by atoms with Crippen molar-refractivity contribution in [3.63, 3.8) is 0 Å². The van der Waals surface area contributed by atoms with Gasteiger partial charge in [-0.25, -0.2) is 8.42 Å². The van der Waals surface area contributed by atoms with Gasteiger partial charge in [0, 0.05) is 23.9 Å². The molecule has 0 N–H and O–H groups in total. The van der Waals surface area contributed by atoms with Crippen LogP contribution in [0.3, 0.4) is 0 Å². The van der Waals surface area contributed by atoms with Crippen molar-refractivity contribution in [2.75, 3.05) is 19.7 Å². The molecule has 3 rings (SSSR count). The zero-order valence-corrected chi connectivity index (χ0v) is 15.0. The molecular formula is C19H25NO3S. The Balaban J connectivity index is 1.96. The number of hydrogen-bond donors (Lipinski definition) is 0. The second-order valence-electron chi connectivity index (χ2n) is 6.27. The summed E-state index contributed by atoms with van der Waals surface area (Å²) in [5.74, 6) is 0.766. The maximum atomic E-state index is 12.9. The summed E-state index contributed by atoms with van der Waals surface area (Å²) in [5.41, 5.74) is 0. The Morgan fingerprint density at radius 1 is 1.00 bits per heavy atom.